The van der Waals surface area contributed by atoms with Gasteiger partial charge < -0.3 is 4.74 Å². The van der Waals surface area contributed by atoms with Gasteiger partial charge in [-0.3, -0.25) is 0 Å². The summed E-state index contributed by atoms with van der Waals surface area (Å²) in [7, 11) is 0. The molecule has 0 fully saturated rings. The highest BCUT2D eigenvalue weighted by atomic mass is 79.9. The number of nitrogens with zero attached hydrogens (tertiary/aromatic N) is 1. The second kappa shape index (κ2) is 7.23. The molecule has 3 aromatic rings. The van der Waals surface area contributed by atoms with Crippen LogP contribution in [-0.4, -0.2) is 6.61 Å². The fourth-order valence-corrected chi connectivity index (χ4v) is 2.53. The third-order valence-electron chi connectivity index (χ3n) is 3.40. The average molecular weight is 355 g/mol. The van der Waals surface area contributed by atoms with Crippen LogP contribution in [0.15, 0.2) is 83.6 Å². The van der Waals surface area contributed by atoms with E-state index in [4.69, 9.17) is 4.74 Å². The Labute approximate surface area is 139 Å². The number of hydrogen-bond acceptors (Lipinski definition) is 1. The maximum Gasteiger partial charge on any atom is 0.182 e. The van der Waals surface area contributed by atoms with Crippen molar-refractivity contribution < 1.29 is 9.30 Å². The summed E-state index contributed by atoms with van der Waals surface area (Å²) in [6, 6.07) is 22.5. The highest BCUT2D eigenvalue weighted by Gasteiger charge is 2.05. The predicted octanol–water partition coefficient (Wildman–Crippen LogP) is 4.48. The number of hydrogen-bond donors (Lipinski definition) is 0. The lowest BCUT2D eigenvalue weighted by Crippen LogP contribution is -2.35. The van der Waals surface area contributed by atoms with Crippen molar-refractivity contribution in [1.82, 2.24) is 0 Å². The molecule has 3 heteroatoms. The van der Waals surface area contributed by atoms with Crippen LogP contribution in [0.2, 0.25) is 0 Å². The zero-order chi connectivity index (χ0) is 15.2. The number of halogens is 1. The van der Waals surface area contributed by atoms with Gasteiger partial charge in [0.1, 0.15) is 12.4 Å². The number of ether oxygens (including phenoxy) is 1. The van der Waals surface area contributed by atoms with E-state index in [2.05, 4.69) is 69.3 Å². The quantitative estimate of drug-likeness (QED) is 0.615. The van der Waals surface area contributed by atoms with Crippen molar-refractivity contribution in [2.45, 2.75) is 6.54 Å². The van der Waals surface area contributed by atoms with Crippen LogP contribution in [0.1, 0.15) is 0 Å². The van der Waals surface area contributed by atoms with E-state index in [1.165, 1.54) is 11.1 Å². The van der Waals surface area contributed by atoms with Gasteiger partial charge in [-0.15, -0.1) is 0 Å². The first-order valence-electron chi connectivity index (χ1n) is 7.24. The smallest absolute Gasteiger partial charge is 0.182 e. The molecular weight excluding hydrogens is 338 g/mol. The molecule has 0 aliphatic heterocycles. The van der Waals surface area contributed by atoms with Gasteiger partial charge in [0.2, 0.25) is 0 Å². The summed E-state index contributed by atoms with van der Waals surface area (Å²) < 4.78 is 8.98. The van der Waals surface area contributed by atoms with Gasteiger partial charge in [0.25, 0.3) is 0 Å². The standard InChI is InChI=1S/C19H17BrNO/c20-18-8-10-19(11-9-18)22-14-13-21-12-4-7-17(15-21)16-5-2-1-3-6-16/h1-12,15H,13-14H2/q+1. The third-order valence-corrected chi connectivity index (χ3v) is 3.93. The highest BCUT2D eigenvalue weighted by Crippen LogP contribution is 2.17. The Balaban J connectivity index is 1.62. The van der Waals surface area contributed by atoms with Crippen molar-refractivity contribution in [2.24, 2.45) is 0 Å². The number of benzene rings is 2. The molecule has 110 valence electrons. The second-order valence-electron chi connectivity index (χ2n) is 5.00. The van der Waals surface area contributed by atoms with Crippen LogP contribution in [0.25, 0.3) is 11.1 Å². The maximum atomic E-state index is 5.77. The molecule has 0 saturated carbocycles. The zero-order valence-electron chi connectivity index (χ0n) is 12.2. The molecule has 0 spiro atoms. The van der Waals surface area contributed by atoms with E-state index in [1.807, 2.05) is 30.3 Å². The van der Waals surface area contributed by atoms with Crippen LogP contribution in [0.5, 0.6) is 5.75 Å². The minimum Gasteiger partial charge on any atom is -0.487 e. The van der Waals surface area contributed by atoms with E-state index in [0.717, 1.165) is 16.8 Å². The first-order chi connectivity index (χ1) is 10.8. The molecular formula is C19H17BrNO+. The van der Waals surface area contributed by atoms with Crippen molar-refractivity contribution in [1.29, 1.82) is 0 Å². The van der Waals surface area contributed by atoms with Crippen LogP contribution in [0.3, 0.4) is 0 Å². The van der Waals surface area contributed by atoms with E-state index in [0.29, 0.717) is 6.61 Å². The third kappa shape index (κ3) is 3.95. The van der Waals surface area contributed by atoms with Crippen LogP contribution < -0.4 is 9.30 Å². The lowest BCUT2D eigenvalue weighted by Gasteiger charge is -2.05. The van der Waals surface area contributed by atoms with Crippen LogP contribution in [0.4, 0.5) is 0 Å². The molecule has 1 aromatic heterocycles. The molecule has 0 bridgehead atoms. The molecule has 22 heavy (non-hydrogen) atoms. The largest absolute Gasteiger partial charge is 0.487 e. The lowest BCUT2D eigenvalue weighted by molar-refractivity contribution is -0.697. The molecule has 0 radical (unpaired) electrons. The summed E-state index contributed by atoms with van der Waals surface area (Å²) in [4.78, 5) is 0. The van der Waals surface area contributed by atoms with E-state index in [1.54, 1.807) is 0 Å². The summed E-state index contributed by atoms with van der Waals surface area (Å²) in [5.41, 5.74) is 2.44. The molecule has 2 nitrogen and oxygen atoms in total. The molecule has 0 aliphatic carbocycles. The molecule has 0 unspecified atom stereocenters. The molecule has 0 saturated heterocycles. The fraction of sp³-hybridized carbons (Fsp3) is 0.105. The number of aromatic nitrogens is 1. The number of rotatable bonds is 5. The molecule has 0 amide bonds. The van der Waals surface area contributed by atoms with Gasteiger partial charge >= 0.3 is 0 Å². The molecule has 0 aliphatic rings. The van der Waals surface area contributed by atoms with Crippen molar-refractivity contribution in [2.75, 3.05) is 6.61 Å². The van der Waals surface area contributed by atoms with E-state index >= 15 is 0 Å². The van der Waals surface area contributed by atoms with E-state index < -0.39 is 0 Å². The fourth-order valence-electron chi connectivity index (χ4n) is 2.26. The van der Waals surface area contributed by atoms with Gasteiger partial charge in [-0.25, -0.2) is 4.57 Å². The zero-order valence-corrected chi connectivity index (χ0v) is 13.7. The van der Waals surface area contributed by atoms with Crippen molar-refractivity contribution in [3.8, 4) is 16.9 Å². The SMILES string of the molecule is Brc1ccc(OCC[n+]2cccc(-c3ccccc3)c2)cc1. The minimum atomic E-state index is 0.643. The van der Waals surface area contributed by atoms with Gasteiger partial charge in [0, 0.05) is 16.1 Å². The van der Waals surface area contributed by atoms with Crippen molar-refractivity contribution >= 4 is 15.9 Å². The Bertz CT molecular complexity index is 726. The van der Waals surface area contributed by atoms with E-state index in [9.17, 15) is 0 Å². The number of pyridine rings is 1. The molecule has 0 atom stereocenters. The summed E-state index contributed by atoms with van der Waals surface area (Å²) in [6.45, 7) is 1.46. The Morgan fingerprint density at radius 3 is 2.32 bits per heavy atom. The van der Waals surface area contributed by atoms with Gasteiger partial charge in [0.15, 0.2) is 18.9 Å². The molecule has 2 aromatic carbocycles. The van der Waals surface area contributed by atoms with Gasteiger partial charge in [-0.05, 0) is 35.9 Å². The van der Waals surface area contributed by atoms with Crippen molar-refractivity contribution in [3.63, 3.8) is 0 Å². The highest BCUT2D eigenvalue weighted by molar-refractivity contribution is 9.10. The van der Waals surface area contributed by atoms with Crippen LogP contribution in [-0.2, 0) is 6.54 Å². The Morgan fingerprint density at radius 1 is 0.818 bits per heavy atom. The van der Waals surface area contributed by atoms with Gasteiger partial charge in [0.05, 0.1) is 0 Å². The van der Waals surface area contributed by atoms with Gasteiger partial charge in [-0.1, -0.05) is 46.3 Å². The lowest BCUT2D eigenvalue weighted by atomic mass is 10.1. The van der Waals surface area contributed by atoms with Gasteiger partial charge in [-0.2, -0.15) is 0 Å². The minimum absolute atomic E-state index is 0.643. The van der Waals surface area contributed by atoms with E-state index in [-0.39, 0.29) is 0 Å². The first-order valence-corrected chi connectivity index (χ1v) is 8.03. The topological polar surface area (TPSA) is 13.1 Å². The maximum absolute atomic E-state index is 5.77. The Kier molecular flexibility index (Phi) is 4.86. The average Bonchev–Trinajstić information content (AvgIpc) is 2.58. The summed E-state index contributed by atoms with van der Waals surface area (Å²) in [5, 5.41) is 0. The predicted molar refractivity (Wildman–Crippen MR) is 91.7 cm³/mol. The first kappa shape index (κ1) is 14.8. The van der Waals surface area contributed by atoms with Crippen molar-refractivity contribution in [3.05, 3.63) is 83.6 Å². The summed E-state index contributed by atoms with van der Waals surface area (Å²) in [5.74, 6) is 0.892. The molecule has 3 rings (SSSR count). The Morgan fingerprint density at radius 2 is 1.55 bits per heavy atom. The molecule has 0 N–H and O–H groups in total. The van der Waals surface area contributed by atoms with Crippen LogP contribution in [0, 0.1) is 0 Å². The monoisotopic (exact) mass is 354 g/mol. The summed E-state index contributed by atoms with van der Waals surface area (Å²) >= 11 is 3.42. The second-order valence-corrected chi connectivity index (χ2v) is 5.91. The van der Waals surface area contributed by atoms with Crippen LogP contribution >= 0.6 is 15.9 Å². The molecule has 1 heterocycles. The Hall–Kier alpha value is -2.13. The summed E-state index contributed by atoms with van der Waals surface area (Å²) in [6.07, 6.45) is 4.22. The normalized spacial score (nSPS) is 10.4.